The third kappa shape index (κ3) is 3.96. The van der Waals surface area contributed by atoms with Crippen LogP contribution in [-0.2, 0) is 9.59 Å². The number of amides is 2. The number of primary amides is 1. The van der Waals surface area contributed by atoms with E-state index in [-0.39, 0.29) is 23.8 Å². The fraction of sp³-hybridized carbons (Fsp3) is 0.833. The number of nitrogens with two attached hydrogens (primary N) is 2. The summed E-state index contributed by atoms with van der Waals surface area (Å²) in [5.74, 6) is -0.330. The van der Waals surface area contributed by atoms with Crippen LogP contribution in [0.25, 0.3) is 0 Å². The minimum Gasteiger partial charge on any atom is -0.368 e. The Bertz CT molecular complexity index is 296. The van der Waals surface area contributed by atoms with E-state index < -0.39 is 0 Å². The molecule has 0 aliphatic carbocycles. The van der Waals surface area contributed by atoms with Crippen molar-refractivity contribution in [2.45, 2.75) is 32.2 Å². The zero-order valence-corrected chi connectivity index (χ0v) is 11.0. The van der Waals surface area contributed by atoms with Gasteiger partial charge in [-0.05, 0) is 25.8 Å². The van der Waals surface area contributed by atoms with Gasteiger partial charge in [-0.25, -0.2) is 0 Å². The molecule has 0 aromatic carbocycles. The van der Waals surface area contributed by atoms with Crippen molar-refractivity contribution in [2.75, 3.05) is 26.2 Å². The van der Waals surface area contributed by atoms with Gasteiger partial charge in [-0.3, -0.25) is 14.5 Å². The van der Waals surface area contributed by atoms with Gasteiger partial charge in [0.1, 0.15) is 0 Å². The van der Waals surface area contributed by atoms with E-state index in [1.54, 1.807) is 0 Å². The molecule has 1 heterocycles. The Morgan fingerprint density at radius 2 is 2.22 bits per heavy atom. The van der Waals surface area contributed by atoms with Gasteiger partial charge >= 0.3 is 0 Å². The van der Waals surface area contributed by atoms with Crippen LogP contribution in [0.1, 0.15) is 26.2 Å². The average Bonchev–Trinajstić information content (AvgIpc) is 2.36. The highest BCUT2D eigenvalue weighted by Crippen LogP contribution is 2.19. The molecular formula is C12H24N4O2. The van der Waals surface area contributed by atoms with Crippen molar-refractivity contribution < 1.29 is 9.59 Å². The summed E-state index contributed by atoms with van der Waals surface area (Å²) >= 11 is 0. The molecule has 104 valence electrons. The first-order valence-electron chi connectivity index (χ1n) is 6.61. The van der Waals surface area contributed by atoms with Gasteiger partial charge < -0.3 is 16.8 Å². The Balaban J connectivity index is 2.54. The number of hydrogen-bond acceptors (Lipinski definition) is 4. The number of piperidine rings is 1. The molecule has 1 aliphatic rings. The van der Waals surface area contributed by atoms with Crippen molar-refractivity contribution in [2.24, 2.45) is 17.4 Å². The van der Waals surface area contributed by atoms with Gasteiger partial charge in [-0.15, -0.1) is 0 Å². The highest BCUT2D eigenvalue weighted by Gasteiger charge is 2.30. The molecule has 6 heteroatoms. The standard InChI is InChI=1S/C12H24N4O2/c1-2-10(11(14)17)16-7-3-4-9(8-16)12(18)15-6-5-13/h9-10H,2-8,13H2,1H3,(H2,14,17)(H,15,18). The van der Waals surface area contributed by atoms with Crippen LogP contribution in [0.15, 0.2) is 0 Å². The molecule has 0 spiro atoms. The van der Waals surface area contributed by atoms with Crippen LogP contribution < -0.4 is 16.8 Å². The molecule has 0 radical (unpaired) electrons. The zero-order valence-electron chi connectivity index (χ0n) is 11.0. The lowest BCUT2D eigenvalue weighted by Crippen LogP contribution is -2.51. The lowest BCUT2D eigenvalue weighted by molar-refractivity contribution is -0.130. The molecule has 1 rings (SSSR count). The molecule has 5 N–H and O–H groups in total. The summed E-state index contributed by atoms with van der Waals surface area (Å²) in [5, 5.41) is 2.80. The predicted molar refractivity (Wildman–Crippen MR) is 69.6 cm³/mol. The van der Waals surface area contributed by atoms with Gasteiger partial charge in [0.2, 0.25) is 11.8 Å². The van der Waals surface area contributed by atoms with Crippen LogP contribution in [0.3, 0.4) is 0 Å². The number of rotatable bonds is 6. The minimum absolute atomic E-state index is 0.0319. The maximum Gasteiger partial charge on any atom is 0.234 e. The summed E-state index contributed by atoms with van der Waals surface area (Å²) in [6, 6.07) is -0.255. The van der Waals surface area contributed by atoms with Gasteiger partial charge in [0, 0.05) is 19.6 Å². The van der Waals surface area contributed by atoms with Crippen LogP contribution >= 0.6 is 0 Å². The molecule has 0 saturated carbocycles. The summed E-state index contributed by atoms with van der Waals surface area (Å²) in [4.78, 5) is 25.2. The van der Waals surface area contributed by atoms with E-state index in [0.717, 1.165) is 19.4 Å². The molecular weight excluding hydrogens is 232 g/mol. The first-order valence-corrected chi connectivity index (χ1v) is 6.61. The quantitative estimate of drug-likeness (QED) is 0.569. The summed E-state index contributed by atoms with van der Waals surface area (Å²) in [6.45, 7) is 4.33. The molecule has 2 atom stereocenters. The highest BCUT2D eigenvalue weighted by molar-refractivity contribution is 5.81. The molecule has 18 heavy (non-hydrogen) atoms. The zero-order chi connectivity index (χ0) is 13.5. The van der Waals surface area contributed by atoms with Crippen molar-refractivity contribution in [1.29, 1.82) is 0 Å². The third-order valence-corrected chi connectivity index (χ3v) is 3.42. The fourth-order valence-electron chi connectivity index (χ4n) is 2.48. The lowest BCUT2D eigenvalue weighted by Gasteiger charge is -2.35. The van der Waals surface area contributed by atoms with Crippen LogP contribution in [-0.4, -0.2) is 48.9 Å². The predicted octanol–water partition coefficient (Wildman–Crippen LogP) is -0.963. The maximum atomic E-state index is 11.9. The van der Waals surface area contributed by atoms with E-state index in [1.165, 1.54) is 0 Å². The highest BCUT2D eigenvalue weighted by atomic mass is 16.2. The Hall–Kier alpha value is -1.14. The van der Waals surface area contributed by atoms with E-state index in [4.69, 9.17) is 11.5 Å². The molecule has 0 bridgehead atoms. The molecule has 0 aromatic heterocycles. The van der Waals surface area contributed by atoms with E-state index in [9.17, 15) is 9.59 Å². The van der Waals surface area contributed by atoms with Crippen LogP contribution in [0, 0.1) is 5.92 Å². The van der Waals surface area contributed by atoms with Crippen LogP contribution in [0.5, 0.6) is 0 Å². The van der Waals surface area contributed by atoms with Gasteiger partial charge in [0.15, 0.2) is 0 Å². The SMILES string of the molecule is CCC(C(N)=O)N1CCCC(C(=O)NCCN)C1. The normalized spacial score (nSPS) is 22.4. The monoisotopic (exact) mass is 256 g/mol. The molecule has 2 amide bonds. The largest absolute Gasteiger partial charge is 0.368 e. The molecule has 1 aliphatic heterocycles. The number of likely N-dealkylation sites (tertiary alicyclic amines) is 1. The van der Waals surface area contributed by atoms with Crippen LogP contribution in [0.2, 0.25) is 0 Å². The number of nitrogens with zero attached hydrogens (tertiary/aromatic N) is 1. The third-order valence-electron chi connectivity index (χ3n) is 3.42. The van der Waals surface area contributed by atoms with Gasteiger partial charge in [-0.1, -0.05) is 6.92 Å². The van der Waals surface area contributed by atoms with E-state index in [1.807, 2.05) is 11.8 Å². The van der Waals surface area contributed by atoms with Crippen molar-refractivity contribution in [3.63, 3.8) is 0 Å². The minimum atomic E-state index is -0.305. The van der Waals surface area contributed by atoms with E-state index in [2.05, 4.69) is 5.32 Å². The topological polar surface area (TPSA) is 101 Å². The summed E-state index contributed by atoms with van der Waals surface area (Å²) < 4.78 is 0. The number of carbonyl (C=O) groups excluding carboxylic acids is 2. The second kappa shape index (κ2) is 7.33. The van der Waals surface area contributed by atoms with Crippen molar-refractivity contribution >= 4 is 11.8 Å². The Labute approximate surface area is 108 Å². The Kier molecular flexibility index (Phi) is 6.07. The first-order chi connectivity index (χ1) is 8.60. The summed E-state index contributed by atoms with van der Waals surface area (Å²) in [5.41, 5.74) is 10.7. The molecule has 2 unspecified atom stereocenters. The van der Waals surface area contributed by atoms with Gasteiger partial charge in [-0.2, -0.15) is 0 Å². The van der Waals surface area contributed by atoms with E-state index >= 15 is 0 Å². The first kappa shape index (κ1) is 14.9. The van der Waals surface area contributed by atoms with Gasteiger partial charge in [0.25, 0.3) is 0 Å². The fourth-order valence-corrected chi connectivity index (χ4v) is 2.48. The molecule has 1 saturated heterocycles. The average molecular weight is 256 g/mol. The van der Waals surface area contributed by atoms with Crippen molar-refractivity contribution in [3.05, 3.63) is 0 Å². The molecule has 1 fully saturated rings. The maximum absolute atomic E-state index is 11.9. The van der Waals surface area contributed by atoms with E-state index in [0.29, 0.717) is 26.1 Å². The second-order valence-corrected chi connectivity index (χ2v) is 4.74. The van der Waals surface area contributed by atoms with Crippen LogP contribution in [0.4, 0.5) is 0 Å². The number of carbonyl (C=O) groups is 2. The van der Waals surface area contributed by atoms with Crippen molar-refractivity contribution in [1.82, 2.24) is 10.2 Å². The summed E-state index contributed by atoms with van der Waals surface area (Å²) in [7, 11) is 0. The Morgan fingerprint density at radius 1 is 1.50 bits per heavy atom. The number of hydrogen-bond donors (Lipinski definition) is 3. The summed E-state index contributed by atoms with van der Waals surface area (Å²) in [6.07, 6.45) is 2.47. The molecule has 6 nitrogen and oxygen atoms in total. The lowest BCUT2D eigenvalue weighted by atomic mass is 9.95. The van der Waals surface area contributed by atoms with Gasteiger partial charge in [0.05, 0.1) is 12.0 Å². The Morgan fingerprint density at radius 3 is 2.78 bits per heavy atom. The molecule has 0 aromatic rings. The smallest absolute Gasteiger partial charge is 0.234 e. The number of nitrogens with one attached hydrogen (secondary N) is 1. The van der Waals surface area contributed by atoms with Crippen molar-refractivity contribution in [3.8, 4) is 0 Å². The second-order valence-electron chi connectivity index (χ2n) is 4.74.